The normalized spacial score (nSPS) is 23.1. The zero-order valence-electron chi connectivity index (χ0n) is 12.0. The minimum absolute atomic E-state index is 0.338. The summed E-state index contributed by atoms with van der Waals surface area (Å²) in [6.45, 7) is 2.97. The van der Waals surface area contributed by atoms with Crippen LogP contribution in [0.4, 0.5) is 0 Å². The summed E-state index contributed by atoms with van der Waals surface area (Å²) in [4.78, 5) is 0. The lowest BCUT2D eigenvalue weighted by molar-refractivity contribution is 0.131. The monoisotopic (exact) mass is 263 g/mol. The molecule has 3 nitrogen and oxygen atoms in total. The van der Waals surface area contributed by atoms with Gasteiger partial charge in [-0.2, -0.15) is 0 Å². The highest BCUT2D eigenvalue weighted by Crippen LogP contribution is 2.33. The van der Waals surface area contributed by atoms with Crippen molar-refractivity contribution in [1.29, 1.82) is 0 Å². The van der Waals surface area contributed by atoms with E-state index in [0.29, 0.717) is 12.6 Å². The third-order valence-corrected chi connectivity index (χ3v) is 3.92. The number of hydrogen-bond donors (Lipinski definition) is 1. The largest absolute Gasteiger partial charge is 0.493 e. The summed E-state index contributed by atoms with van der Waals surface area (Å²) >= 11 is 0. The van der Waals surface area contributed by atoms with Crippen LogP contribution in [0.25, 0.3) is 0 Å². The molecule has 1 saturated carbocycles. The molecule has 0 aliphatic heterocycles. The van der Waals surface area contributed by atoms with E-state index in [1.165, 1.54) is 18.4 Å². The van der Waals surface area contributed by atoms with Gasteiger partial charge in [0.25, 0.3) is 0 Å². The summed E-state index contributed by atoms with van der Waals surface area (Å²) < 4.78 is 11.5. The van der Waals surface area contributed by atoms with E-state index >= 15 is 0 Å². The lowest BCUT2D eigenvalue weighted by Gasteiger charge is -2.27. The predicted octanol–water partition coefficient (Wildman–Crippen LogP) is 3.15. The number of nitrogens with two attached hydrogens (primary N) is 1. The van der Waals surface area contributed by atoms with E-state index in [4.69, 9.17) is 15.2 Å². The first-order valence-corrected chi connectivity index (χ1v) is 7.26. The van der Waals surface area contributed by atoms with Crippen molar-refractivity contribution in [2.75, 3.05) is 13.7 Å². The van der Waals surface area contributed by atoms with Crippen molar-refractivity contribution in [3.63, 3.8) is 0 Å². The van der Waals surface area contributed by atoms with E-state index < -0.39 is 0 Å². The van der Waals surface area contributed by atoms with E-state index in [0.717, 1.165) is 36.7 Å². The molecule has 0 radical (unpaired) electrons. The fraction of sp³-hybridized carbons (Fsp3) is 0.625. The maximum atomic E-state index is 6.10. The van der Waals surface area contributed by atoms with Crippen molar-refractivity contribution in [1.82, 2.24) is 0 Å². The van der Waals surface area contributed by atoms with Gasteiger partial charge in [-0.3, -0.25) is 0 Å². The molecule has 0 amide bonds. The zero-order valence-corrected chi connectivity index (χ0v) is 12.0. The van der Waals surface area contributed by atoms with Gasteiger partial charge in [-0.05, 0) is 62.3 Å². The van der Waals surface area contributed by atoms with Crippen LogP contribution in [0.15, 0.2) is 18.2 Å². The fourth-order valence-electron chi connectivity index (χ4n) is 2.66. The van der Waals surface area contributed by atoms with E-state index in [2.05, 4.69) is 13.0 Å². The molecule has 1 aromatic carbocycles. The van der Waals surface area contributed by atoms with E-state index in [1.54, 1.807) is 7.11 Å². The molecule has 0 aromatic heterocycles. The van der Waals surface area contributed by atoms with E-state index in [-0.39, 0.29) is 0 Å². The standard InChI is InChI=1S/C16H25NO2/c1-12-3-6-14(7-4-12)19-15-8-5-13(9-10-17)11-16(15)18-2/h5,8,11-12,14H,3-4,6-7,9-10,17H2,1-2H3. The van der Waals surface area contributed by atoms with Crippen LogP contribution >= 0.6 is 0 Å². The van der Waals surface area contributed by atoms with Crippen molar-refractivity contribution in [3.8, 4) is 11.5 Å². The molecule has 1 fully saturated rings. The molecule has 0 unspecified atom stereocenters. The van der Waals surface area contributed by atoms with Gasteiger partial charge in [0.05, 0.1) is 13.2 Å². The number of hydrogen-bond acceptors (Lipinski definition) is 3. The minimum Gasteiger partial charge on any atom is -0.493 e. The highest BCUT2D eigenvalue weighted by atomic mass is 16.5. The van der Waals surface area contributed by atoms with E-state index in [1.807, 2.05) is 12.1 Å². The van der Waals surface area contributed by atoms with Crippen LogP contribution in [-0.2, 0) is 6.42 Å². The molecule has 0 heterocycles. The van der Waals surface area contributed by atoms with Gasteiger partial charge in [-0.1, -0.05) is 13.0 Å². The summed E-state index contributed by atoms with van der Waals surface area (Å²) in [6.07, 6.45) is 6.03. The van der Waals surface area contributed by atoms with Gasteiger partial charge in [-0.15, -0.1) is 0 Å². The van der Waals surface area contributed by atoms with Crippen LogP contribution in [-0.4, -0.2) is 19.8 Å². The lowest BCUT2D eigenvalue weighted by Crippen LogP contribution is -2.23. The van der Waals surface area contributed by atoms with Crippen LogP contribution in [0.5, 0.6) is 11.5 Å². The SMILES string of the molecule is COc1cc(CCN)ccc1OC1CCC(C)CC1. The Balaban J connectivity index is 2.03. The molecule has 0 bridgehead atoms. The third kappa shape index (κ3) is 3.87. The van der Waals surface area contributed by atoms with Gasteiger partial charge >= 0.3 is 0 Å². The molecule has 2 N–H and O–H groups in total. The summed E-state index contributed by atoms with van der Waals surface area (Å²) in [6, 6.07) is 6.13. The van der Waals surface area contributed by atoms with Crippen LogP contribution in [0.3, 0.4) is 0 Å². The third-order valence-electron chi connectivity index (χ3n) is 3.92. The molecule has 0 atom stereocenters. The number of methoxy groups -OCH3 is 1. The van der Waals surface area contributed by atoms with Crippen molar-refractivity contribution in [2.45, 2.75) is 45.1 Å². The van der Waals surface area contributed by atoms with Crippen molar-refractivity contribution in [2.24, 2.45) is 11.7 Å². The second-order valence-electron chi connectivity index (χ2n) is 5.52. The van der Waals surface area contributed by atoms with Crippen LogP contribution in [0.2, 0.25) is 0 Å². The molecule has 106 valence electrons. The van der Waals surface area contributed by atoms with Crippen LogP contribution in [0.1, 0.15) is 38.2 Å². The Morgan fingerprint density at radius 2 is 1.89 bits per heavy atom. The maximum absolute atomic E-state index is 6.10. The predicted molar refractivity (Wildman–Crippen MR) is 77.8 cm³/mol. The lowest BCUT2D eigenvalue weighted by atomic mass is 9.89. The Labute approximate surface area is 116 Å². The Bertz CT molecular complexity index is 398. The Morgan fingerprint density at radius 3 is 2.53 bits per heavy atom. The Morgan fingerprint density at radius 1 is 1.16 bits per heavy atom. The first-order chi connectivity index (χ1) is 9.22. The number of rotatable bonds is 5. The molecule has 0 spiro atoms. The van der Waals surface area contributed by atoms with Gasteiger partial charge in [0.15, 0.2) is 11.5 Å². The summed E-state index contributed by atoms with van der Waals surface area (Å²) in [5.41, 5.74) is 6.78. The minimum atomic E-state index is 0.338. The average molecular weight is 263 g/mol. The first-order valence-electron chi connectivity index (χ1n) is 7.26. The molecule has 1 aromatic rings. The van der Waals surface area contributed by atoms with Gasteiger partial charge in [-0.25, -0.2) is 0 Å². The maximum Gasteiger partial charge on any atom is 0.161 e. The number of benzene rings is 1. The summed E-state index contributed by atoms with van der Waals surface area (Å²) in [5.74, 6) is 2.53. The van der Waals surface area contributed by atoms with Gasteiger partial charge in [0, 0.05) is 0 Å². The summed E-state index contributed by atoms with van der Waals surface area (Å²) in [7, 11) is 1.69. The Kier molecular flexibility index (Phi) is 5.08. The summed E-state index contributed by atoms with van der Waals surface area (Å²) in [5, 5.41) is 0. The second-order valence-corrected chi connectivity index (χ2v) is 5.52. The molecule has 0 saturated heterocycles. The average Bonchev–Trinajstić information content (AvgIpc) is 2.43. The molecule has 3 heteroatoms. The number of ether oxygens (including phenoxy) is 2. The van der Waals surface area contributed by atoms with Crippen molar-refractivity contribution >= 4 is 0 Å². The molecule has 1 aliphatic carbocycles. The highest BCUT2D eigenvalue weighted by molar-refractivity contribution is 5.43. The molecular formula is C16H25NO2. The fourth-order valence-corrected chi connectivity index (χ4v) is 2.66. The molecule has 2 rings (SSSR count). The van der Waals surface area contributed by atoms with E-state index in [9.17, 15) is 0 Å². The highest BCUT2D eigenvalue weighted by Gasteiger charge is 2.20. The molecule has 1 aliphatic rings. The van der Waals surface area contributed by atoms with Gasteiger partial charge < -0.3 is 15.2 Å². The van der Waals surface area contributed by atoms with Crippen LogP contribution < -0.4 is 15.2 Å². The Hall–Kier alpha value is -1.22. The molecular weight excluding hydrogens is 238 g/mol. The van der Waals surface area contributed by atoms with Crippen LogP contribution in [0, 0.1) is 5.92 Å². The van der Waals surface area contributed by atoms with Crippen molar-refractivity contribution in [3.05, 3.63) is 23.8 Å². The smallest absolute Gasteiger partial charge is 0.161 e. The topological polar surface area (TPSA) is 44.5 Å². The second kappa shape index (κ2) is 6.80. The quantitative estimate of drug-likeness (QED) is 0.887. The van der Waals surface area contributed by atoms with Crippen molar-refractivity contribution < 1.29 is 9.47 Å². The van der Waals surface area contributed by atoms with Gasteiger partial charge in [0.1, 0.15) is 0 Å². The zero-order chi connectivity index (χ0) is 13.7. The first kappa shape index (κ1) is 14.2. The molecule has 19 heavy (non-hydrogen) atoms. The van der Waals surface area contributed by atoms with Gasteiger partial charge in [0.2, 0.25) is 0 Å².